The largest absolute Gasteiger partial charge is 0.383 e. The molecular formula is C19H22ClN3O2S. The van der Waals surface area contributed by atoms with Crippen molar-refractivity contribution in [2.45, 2.75) is 45.8 Å². The molecule has 0 radical (unpaired) electrons. The number of aryl methyl sites for hydroxylation is 1. The van der Waals surface area contributed by atoms with Crippen molar-refractivity contribution >= 4 is 34.7 Å². The molecule has 3 heterocycles. The number of thiophene rings is 1. The lowest BCUT2D eigenvalue weighted by Crippen LogP contribution is -2.41. The van der Waals surface area contributed by atoms with Gasteiger partial charge < -0.3 is 10.4 Å². The number of hydrogen-bond donors (Lipinski definition) is 2. The number of carbonyl (C=O) groups is 1. The van der Waals surface area contributed by atoms with Crippen molar-refractivity contribution < 1.29 is 9.90 Å². The summed E-state index contributed by atoms with van der Waals surface area (Å²) in [6.45, 7) is 7.77. The Bertz CT molecular complexity index is 877. The molecule has 1 aliphatic rings. The highest BCUT2D eigenvalue weighted by atomic mass is 35.5. The molecule has 138 valence electrons. The Labute approximate surface area is 162 Å². The first-order valence-corrected chi connectivity index (χ1v) is 9.79. The number of carbonyl (C=O) groups excluding carboxylic acids is 1. The van der Waals surface area contributed by atoms with Crippen LogP contribution in [0.15, 0.2) is 29.4 Å². The van der Waals surface area contributed by atoms with Gasteiger partial charge in [0.15, 0.2) is 5.84 Å². The highest BCUT2D eigenvalue weighted by Crippen LogP contribution is 2.34. The maximum absolute atomic E-state index is 12.5. The predicted molar refractivity (Wildman–Crippen MR) is 105 cm³/mol. The van der Waals surface area contributed by atoms with E-state index in [1.807, 2.05) is 33.8 Å². The van der Waals surface area contributed by atoms with E-state index in [1.165, 1.54) is 11.3 Å². The summed E-state index contributed by atoms with van der Waals surface area (Å²) in [7, 11) is 0. The Morgan fingerprint density at radius 3 is 2.65 bits per heavy atom. The molecular weight excluding hydrogens is 370 g/mol. The van der Waals surface area contributed by atoms with Crippen molar-refractivity contribution in [3.05, 3.63) is 50.4 Å². The molecule has 26 heavy (non-hydrogen) atoms. The minimum absolute atomic E-state index is 0.0411. The van der Waals surface area contributed by atoms with E-state index in [0.717, 1.165) is 16.9 Å². The number of amidine groups is 1. The number of pyridine rings is 1. The van der Waals surface area contributed by atoms with Crippen LogP contribution in [0.1, 0.15) is 55.5 Å². The normalized spacial score (nSPS) is 21.0. The summed E-state index contributed by atoms with van der Waals surface area (Å²) >= 11 is 7.34. The maximum atomic E-state index is 12.5. The summed E-state index contributed by atoms with van der Waals surface area (Å²) < 4.78 is 0.610. The third-order valence-electron chi connectivity index (χ3n) is 4.92. The SMILES string of the molecule is CCc1cnc(C2=NC(C)(C(C)C)C(=O)N2)c(C(O)c2ccc(Cl)s2)c1. The summed E-state index contributed by atoms with van der Waals surface area (Å²) in [4.78, 5) is 22.3. The van der Waals surface area contributed by atoms with Crippen molar-refractivity contribution in [1.29, 1.82) is 0 Å². The van der Waals surface area contributed by atoms with E-state index < -0.39 is 11.6 Å². The first-order chi connectivity index (χ1) is 12.3. The van der Waals surface area contributed by atoms with E-state index in [2.05, 4.69) is 15.3 Å². The van der Waals surface area contributed by atoms with Crippen LogP contribution >= 0.6 is 22.9 Å². The van der Waals surface area contributed by atoms with Crippen LogP contribution in [0.2, 0.25) is 4.34 Å². The number of rotatable bonds is 5. The van der Waals surface area contributed by atoms with Gasteiger partial charge in [-0.25, -0.2) is 4.99 Å². The molecule has 1 amide bonds. The topological polar surface area (TPSA) is 74.6 Å². The first kappa shape index (κ1) is 19.0. The van der Waals surface area contributed by atoms with Crippen LogP contribution in [0.3, 0.4) is 0 Å². The first-order valence-electron chi connectivity index (χ1n) is 8.60. The van der Waals surface area contributed by atoms with E-state index in [9.17, 15) is 9.90 Å². The smallest absolute Gasteiger partial charge is 0.253 e. The van der Waals surface area contributed by atoms with Crippen molar-refractivity contribution in [2.75, 3.05) is 0 Å². The van der Waals surface area contributed by atoms with Gasteiger partial charge in [0.2, 0.25) is 0 Å². The second-order valence-corrected chi connectivity index (χ2v) is 8.64. The zero-order valence-corrected chi connectivity index (χ0v) is 16.8. The van der Waals surface area contributed by atoms with E-state index >= 15 is 0 Å². The number of halogens is 1. The monoisotopic (exact) mass is 391 g/mol. The van der Waals surface area contributed by atoms with Gasteiger partial charge in [0.1, 0.15) is 17.3 Å². The lowest BCUT2D eigenvalue weighted by atomic mass is 9.89. The summed E-state index contributed by atoms with van der Waals surface area (Å²) in [6, 6.07) is 5.47. The van der Waals surface area contributed by atoms with Gasteiger partial charge in [0.25, 0.3) is 5.91 Å². The van der Waals surface area contributed by atoms with Crippen LogP contribution in [0.4, 0.5) is 0 Å². The summed E-state index contributed by atoms with van der Waals surface area (Å²) in [6.07, 6.45) is 1.67. The molecule has 0 fully saturated rings. The number of nitrogens with zero attached hydrogens (tertiary/aromatic N) is 2. The van der Waals surface area contributed by atoms with E-state index in [1.54, 1.807) is 18.3 Å². The summed E-state index contributed by atoms with van der Waals surface area (Å²) in [5, 5.41) is 13.8. The summed E-state index contributed by atoms with van der Waals surface area (Å²) in [5.74, 6) is 0.299. The van der Waals surface area contributed by atoms with E-state index in [0.29, 0.717) is 21.4 Å². The Kier molecular flexibility index (Phi) is 5.19. The Morgan fingerprint density at radius 2 is 2.12 bits per heavy atom. The lowest BCUT2D eigenvalue weighted by Gasteiger charge is -2.21. The number of nitrogens with one attached hydrogen (secondary N) is 1. The minimum atomic E-state index is -0.882. The van der Waals surface area contributed by atoms with Crippen LogP contribution in [0, 0.1) is 5.92 Å². The van der Waals surface area contributed by atoms with Crippen LogP contribution in [0.5, 0.6) is 0 Å². The number of aromatic nitrogens is 1. The second-order valence-electron chi connectivity index (χ2n) is 6.90. The minimum Gasteiger partial charge on any atom is -0.383 e. The van der Waals surface area contributed by atoms with Crippen molar-refractivity contribution in [3.63, 3.8) is 0 Å². The lowest BCUT2D eigenvalue weighted by molar-refractivity contribution is -0.124. The van der Waals surface area contributed by atoms with Crippen molar-refractivity contribution in [1.82, 2.24) is 10.3 Å². The molecule has 1 aliphatic heterocycles. The number of aliphatic hydroxyl groups excluding tert-OH is 1. The molecule has 7 heteroatoms. The van der Waals surface area contributed by atoms with Crippen molar-refractivity contribution in [3.8, 4) is 0 Å². The fourth-order valence-corrected chi connectivity index (χ4v) is 3.87. The standard InChI is InChI=1S/C19H22ClN3O2S/c1-5-11-8-12(16(24)13-6-7-14(20)26-13)15(21-9-11)17-22-18(25)19(4,23-17)10(2)3/h6-10,16,24H,5H2,1-4H3,(H,22,23,25). The average Bonchev–Trinajstić information content (AvgIpc) is 3.18. The molecule has 3 rings (SSSR count). The highest BCUT2D eigenvalue weighted by Gasteiger charge is 2.43. The second kappa shape index (κ2) is 7.10. The van der Waals surface area contributed by atoms with Crippen LogP contribution in [-0.4, -0.2) is 27.4 Å². The third-order valence-corrected chi connectivity index (χ3v) is 6.21. The third kappa shape index (κ3) is 3.29. The fourth-order valence-electron chi connectivity index (χ4n) is 2.80. The number of aliphatic imine (C=N–C) groups is 1. The van der Waals surface area contributed by atoms with Gasteiger partial charge in [-0.2, -0.15) is 0 Å². The van der Waals surface area contributed by atoms with E-state index in [-0.39, 0.29) is 11.8 Å². The Balaban J connectivity index is 2.10. The quantitative estimate of drug-likeness (QED) is 0.815. The molecule has 0 saturated carbocycles. The molecule has 2 unspecified atom stereocenters. The molecule has 5 nitrogen and oxygen atoms in total. The molecule has 0 bridgehead atoms. The van der Waals surface area contributed by atoms with Gasteiger partial charge in [-0.1, -0.05) is 32.4 Å². The molecule has 2 atom stereocenters. The van der Waals surface area contributed by atoms with Gasteiger partial charge in [-0.05, 0) is 43.0 Å². The zero-order chi connectivity index (χ0) is 19.1. The average molecular weight is 392 g/mol. The maximum Gasteiger partial charge on any atom is 0.253 e. The van der Waals surface area contributed by atoms with Crippen molar-refractivity contribution in [2.24, 2.45) is 10.9 Å². The molecule has 2 aromatic rings. The van der Waals surface area contributed by atoms with E-state index in [4.69, 9.17) is 11.6 Å². The van der Waals surface area contributed by atoms with Gasteiger partial charge in [0, 0.05) is 16.6 Å². The number of aliphatic hydroxyl groups is 1. The molecule has 0 aliphatic carbocycles. The molecule has 0 spiro atoms. The van der Waals surface area contributed by atoms with Crippen LogP contribution < -0.4 is 5.32 Å². The molecule has 2 aromatic heterocycles. The van der Waals surface area contributed by atoms with Gasteiger partial charge in [-0.15, -0.1) is 11.3 Å². The van der Waals surface area contributed by atoms with Gasteiger partial charge >= 0.3 is 0 Å². The fraction of sp³-hybridized carbons (Fsp3) is 0.421. The Morgan fingerprint density at radius 1 is 1.38 bits per heavy atom. The van der Waals surface area contributed by atoms with Crippen LogP contribution in [0.25, 0.3) is 0 Å². The molecule has 0 saturated heterocycles. The predicted octanol–water partition coefficient (Wildman–Crippen LogP) is 3.73. The molecule has 2 N–H and O–H groups in total. The number of amides is 1. The Hall–Kier alpha value is -1.76. The summed E-state index contributed by atoms with van der Waals surface area (Å²) in [5.41, 5.74) is 1.28. The zero-order valence-electron chi connectivity index (χ0n) is 15.2. The molecule has 0 aromatic carbocycles. The van der Waals surface area contributed by atoms with Gasteiger partial charge in [0.05, 0.1) is 4.34 Å². The van der Waals surface area contributed by atoms with Crippen LogP contribution in [-0.2, 0) is 11.2 Å². The highest BCUT2D eigenvalue weighted by molar-refractivity contribution is 7.16. The van der Waals surface area contributed by atoms with Gasteiger partial charge in [-0.3, -0.25) is 9.78 Å². The number of hydrogen-bond acceptors (Lipinski definition) is 5.